The van der Waals surface area contributed by atoms with Gasteiger partial charge in [-0.15, -0.1) is 0 Å². The Morgan fingerprint density at radius 2 is 0.923 bits per heavy atom. The highest BCUT2D eigenvalue weighted by Crippen LogP contribution is 2.43. The van der Waals surface area contributed by atoms with E-state index in [0.29, 0.717) is 23.9 Å². The van der Waals surface area contributed by atoms with Gasteiger partial charge < -0.3 is 24.9 Å². The minimum absolute atomic E-state index is 0.0134. The number of aliphatic hydroxyl groups excluding tert-OH is 2. The Hall–Kier alpha value is -1.32. The molecule has 4 unspecified atom stereocenters. The van der Waals surface area contributed by atoms with Crippen LogP contribution in [0.25, 0.3) is 0 Å². The van der Waals surface area contributed by atoms with Crippen molar-refractivity contribution < 1.29 is 38.0 Å². The summed E-state index contributed by atoms with van der Waals surface area (Å²) in [5.41, 5.74) is 0. The molecule has 0 spiro atoms. The number of phosphoric ester groups is 1. The summed E-state index contributed by atoms with van der Waals surface area (Å²) in [6.45, 7) is 4.38. The minimum Gasteiger partial charge on any atom is -0.390 e. The maximum Gasteiger partial charge on any atom is 0.472 e. The lowest BCUT2D eigenvalue weighted by Crippen LogP contribution is -2.51. The predicted molar refractivity (Wildman–Crippen MR) is 278 cm³/mol. The van der Waals surface area contributed by atoms with E-state index in [4.69, 9.17) is 9.05 Å². The number of carbonyl (C=O) groups excluding carboxylic acids is 1. The summed E-state index contributed by atoms with van der Waals surface area (Å²) in [5, 5.41) is 24.7. The van der Waals surface area contributed by atoms with Crippen molar-refractivity contribution in [3.8, 4) is 0 Å². The first kappa shape index (κ1) is 63.7. The van der Waals surface area contributed by atoms with Gasteiger partial charge in [0.2, 0.25) is 5.91 Å². The Bertz CT molecular complexity index is 1170. The topological polar surface area (TPSA) is 125 Å². The Morgan fingerprint density at radius 1 is 0.554 bits per heavy atom. The molecule has 0 bridgehead atoms. The average molecular weight is 940 g/mol. The van der Waals surface area contributed by atoms with Gasteiger partial charge in [-0.2, -0.15) is 0 Å². The van der Waals surface area contributed by atoms with Crippen LogP contribution < -0.4 is 5.32 Å². The van der Waals surface area contributed by atoms with E-state index < -0.39 is 32.7 Å². The van der Waals surface area contributed by atoms with Gasteiger partial charge in [-0.05, 0) is 58.3 Å². The van der Waals surface area contributed by atoms with Gasteiger partial charge in [0.25, 0.3) is 0 Å². The molecule has 0 aromatic heterocycles. The molecule has 0 rings (SSSR count). The van der Waals surface area contributed by atoms with Crippen molar-refractivity contribution in [1.29, 1.82) is 0 Å². The van der Waals surface area contributed by atoms with E-state index in [1.54, 1.807) is 0 Å². The van der Waals surface area contributed by atoms with Crippen molar-refractivity contribution in [3.05, 3.63) is 36.5 Å². The van der Waals surface area contributed by atoms with Crippen LogP contribution in [0.15, 0.2) is 36.5 Å². The first-order chi connectivity index (χ1) is 31.4. The predicted octanol–water partition coefficient (Wildman–Crippen LogP) is 15.2. The molecule has 4 atom stereocenters. The van der Waals surface area contributed by atoms with Gasteiger partial charge in [-0.25, -0.2) is 4.57 Å². The van der Waals surface area contributed by atoms with Gasteiger partial charge in [0, 0.05) is 6.42 Å². The number of carbonyl (C=O) groups is 1. The van der Waals surface area contributed by atoms with E-state index in [9.17, 15) is 24.5 Å². The third-order valence-corrected chi connectivity index (χ3v) is 13.5. The third kappa shape index (κ3) is 47.5. The Balaban J connectivity index is 4.14. The molecular formula is C55H108N2O7P+. The molecule has 0 saturated carbocycles. The minimum atomic E-state index is -4.43. The number of unbranched alkanes of at least 4 members (excludes halogenated alkanes) is 31. The number of hydrogen-bond acceptors (Lipinski definition) is 6. The average Bonchev–Trinajstić information content (AvgIpc) is 3.26. The van der Waals surface area contributed by atoms with Crippen molar-refractivity contribution in [2.45, 2.75) is 270 Å². The van der Waals surface area contributed by atoms with E-state index in [-0.39, 0.29) is 18.9 Å². The fourth-order valence-corrected chi connectivity index (χ4v) is 8.92. The van der Waals surface area contributed by atoms with Gasteiger partial charge in [0.15, 0.2) is 0 Å². The summed E-state index contributed by atoms with van der Waals surface area (Å²) < 4.78 is 23.6. The van der Waals surface area contributed by atoms with Crippen LogP contribution in [0.5, 0.6) is 0 Å². The fourth-order valence-electron chi connectivity index (χ4n) is 8.18. The van der Waals surface area contributed by atoms with Crippen LogP contribution in [0.4, 0.5) is 0 Å². The first-order valence-electron chi connectivity index (χ1n) is 27.4. The summed E-state index contributed by atoms with van der Waals surface area (Å²) in [5.74, 6) is -0.271. The van der Waals surface area contributed by atoms with E-state index in [2.05, 4.69) is 48.7 Å². The molecule has 0 aromatic rings. The molecule has 4 N–H and O–H groups in total. The highest BCUT2D eigenvalue weighted by molar-refractivity contribution is 7.47. The number of nitrogens with zero attached hydrogens (tertiary/aromatic N) is 1. The number of amides is 1. The molecule has 65 heavy (non-hydrogen) atoms. The zero-order valence-electron chi connectivity index (χ0n) is 43.3. The molecule has 0 aliphatic carbocycles. The number of hydrogen-bond donors (Lipinski definition) is 4. The maximum absolute atomic E-state index is 13.0. The van der Waals surface area contributed by atoms with Crippen LogP contribution >= 0.6 is 7.82 Å². The highest BCUT2D eigenvalue weighted by Gasteiger charge is 2.31. The van der Waals surface area contributed by atoms with Crippen LogP contribution in [0.1, 0.15) is 251 Å². The maximum atomic E-state index is 13.0. The Morgan fingerprint density at radius 3 is 1.31 bits per heavy atom. The Labute approximate surface area is 402 Å². The lowest BCUT2D eigenvalue weighted by Gasteiger charge is -2.28. The zero-order chi connectivity index (χ0) is 48.0. The molecule has 0 fully saturated rings. The van der Waals surface area contributed by atoms with E-state index in [1.807, 2.05) is 28.1 Å². The number of nitrogens with one attached hydrogen (secondary N) is 1. The van der Waals surface area contributed by atoms with Crippen LogP contribution in [0.2, 0.25) is 0 Å². The molecule has 0 aliphatic rings. The van der Waals surface area contributed by atoms with Crippen LogP contribution in [-0.2, 0) is 18.4 Å². The summed E-state index contributed by atoms with van der Waals surface area (Å²) >= 11 is 0. The second-order valence-corrected chi connectivity index (χ2v) is 21.5. The first-order valence-corrected chi connectivity index (χ1v) is 28.9. The van der Waals surface area contributed by atoms with Crippen molar-refractivity contribution in [3.63, 3.8) is 0 Å². The summed E-state index contributed by atoms with van der Waals surface area (Å²) in [6, 6.07) is -1.06. The molecule has 10 heteroatoms. The van der Waals surface area contributed by atoms with E-state index in [0.717, 1.165) is 51.4 Å². The lowest BCUT2D eigenvalue weighted by molar-refractivity contribution is -0.870. The van der Waals surface area contributed by atoms with Gasteiger partial charge in [0.05, 0.1) is 39.9 Å². The van der Waals surface area contributed by atoms with Crippen LogP contribution in [0, 0.1) is 0 Å². The molecule has 0 radical (unpaired) electrons. The standard InChI is InChI=1S/C55H107N2O7P/c1-6-8-10-12-14-16-18-20-21-22-23-24-25-26-27-28-29-30-31-32-33-34-35-36-38-40-42-44-46-48-54(59)56-52(51-64-65(61,62)63-50-49-57(3,4)5)55(60)53(58)47-45-43-41-39-37-19-17-15-13-11-9-7-2/h7,9,15,17,39,41,52-53,55,58,60H,6,8,10-14,16,18-38,40,42-51H2,1-5H3,(H-,56,59,61,62)/p+1/b9-7+,17-15+,41-39+. The Kier molecular flexibility index (Phi) is 45.5. The molecule has 9 nitrogen and oxygen atoms in total. The number of likely N-dealkylation sites (N-methyl/N-ethyl adjacent to an activating group) is 1. The monoisotopic (exact) mass is 940 g/mol. The van der Waals surface area contributed by atoms with Crippen LogP contribution in [-0.4, -0.2) is 84.6 Å². The molecule has 0 aromatic carbocycles. The molecule has 0 heterocycles. The molecule has 0 saturated heterocycles. The number of rotatable bonds is 50. The number of quaternary nitrogens is 1. The van der Waals surface area contributed by atoms with Crippen molar-refractivity contribution >= 4 is 13.7 Å². The van der Waals surface area contributed by atoms with Gasteiger partial charge in [-0.3, -0.25) is 13.8 Å². The SMILES string of the molecule is C/C=C/CC/C=C/CC/C=C/CCCC(O)C(O)C(COP(=O)(O)OCC[N+](C)(C)C)NC(=O)CCCCCCCCCCCCCCCCCCCCCCCCCCCCCCC. The summed E-state index contributed by atoms with van der Waals surface area (Å²) in [7, 11) is 1.41. The second kappa shape index (κ2) is 46.4. The van der Waals surface area contributed by atoms with Crippen LogP contribution in [0.3, 0.4) is 0 Å². The molecule has 384 valence electrons. The summed E-state index contributed by atoms with van der Waals surface area (Å²) in [4.78, 5) is 23.3. The van der Waals surface area contributed by atoms with Crippen molar-refractivity contribution in [2.75, 3.05) is 40.9 Å². The number of phosphoric acid groups is 1. The molecule has 1 amide bonds. The fraction of sp³-hybridized carbons (Fsp3) is 0.873. The van der Waals surface area contributed by atoms with Gasteiger partial charge >= 0.3 is 7.82 Å². The van der Waals surface area contributed by atoms with E-state index >= 15 is 0 Å². The number of aliphatic hydroxyl groups is 2. The van der Waals surface area contributed by atoms with Gasteiger partial charge in [0.1, 0.15) is 19.3 Å². The normalized spacial score (nSPS) is 14.8. The second-order valence-electron chi connectivity index (χ2n) is 20.1. The quantitative estimate of drug-likeness (QED) is 0.0207. The number of allylic oxidation sites excluding steroid dienone is 6. The van der Waals surface area contributed by atoms with E-state index in [1.165, 1.54) is 167 Å². The van der Waals surface area contributed by atoms with Crippen molar-refractivity contribution in [2.24, 2.45) is 0 Å². The van der Waals surface area contributed by atoms with Gasteiger partial charge in [-0.1, -0.05) is 223 Å². The highest BCUT2D eigenvalue weighted by atomic mass is 31.2. The van der Waals surface area contributed by atoms with Crippen molar-refractivity contribution in [1.82, 2.24) is 5.32 Å². The smallest absolute Gasteiger partial charge is 0.390 e. The third-order valence-electron chi connectivity index (χ3n) is 12.5. The lowest BCUT2D eigenvalue weighted by atomic mass is 10.0. The largest absolute Gasteiger partial charge is 0.472 e. The zero-order valence-corrected chi connectivity index (χ0v) is 44.2. The molecule has 0 aliphatic heterocycles. The molecular weight excluding hydrogens is 832 g/mol. The summed E-state index contributed by atoms with van der Waals surface area (Å²) in [6.07, 6.45) is 55.5.